The van der Waals surface area contributed by atoms with Crippen molar-refractivity contribution >= 4 is 27.7 Å². The molecule has 1 amide bonds. The van der Waals surface area contributed by atoms with Crippen LogP contribution in [0, 0.1) is 0 Å². The lowest BCUT2D eigenvalue weighted by Crippen LogP contribution is -2.45. The molecule has 0 saturated heterocycles. The first-order valence-electron chi connectivity index (χ1n) is 5.01. The second kappa shape index (κ2) is 4.91. The lowest BCUT2D eigenvalue weighted by atomic mass is 10.1. The van der Waals surface area contributed by atoms with Gasteiger partial charge in [-0.05, 0) is 48.8 Å². The molecule has 5 nitrogen and oxygen atoms in total. The first kappa shape index (κ1) is 13.8. The quantitative estimate of drug-likeness (QED) is 0.853. The summed E-state index contributed by atoms with van der Waals surface area (Å²) in [6.45, 7) is 5.42. The zero-order valence-corrected chi connectivity index (χ0v) is 11.8. The number of halogens is 1. The van der Waals surface area contributed by atoms with Crippen LogP contribution in [0.2, 0.25) is 0 Å². The monoisotopic (exact) mass is 302 g/mol. The Morgan fingerprint density at radius 2 is 2.06 bits per heavy atom. The fraction of sp³-hybridized carbons (Fsp3) is 0.455. The van der Waals surface area contributed by atoms with E-state index >= 15 is 0 Å². The van der Waals surface area contributed by atoms with Gasteiger partial charge in [0.2, 0.25) is 5.88 Å². The normalized spacial score (nSPS) is 11.1. The molecule has 6 heteroatoms. The van der Waals surface area contributed by atoms with Crippen molar-refractivity contribution in [2.45, 2.75) is 26.3 Å². The summed E-state index contributed by atoms with van der Waals surface area (Å²) in [6.07, 6.45) is -1.04. The van der Waals surface area contributed by atoms with Gasteiger partial charge in [-0.3, -0.25) is 4.90 Å². The number of hydrogen-bond acceptors (Lipinski definition) is 3. The van der Waals surface area contributed by atoms with E-state index in [1.807, 2.05) is 20.8 Å². The van der Waals surface area contributed by atoms with Gasteiger partial charge in [0.25, 0.3) is 0 Å². The van der Waals surface area contributed by atoms with Crippen LogP contribution in [-0.4, -0.2) is 28.8 Å². The fourth-order valence-corrected chi connectivity index (χ4v) is 1.78. The van der Waals surface area contributed by atoms with Crippen molar-refractivity contribution in [2.24, 2.45) is 0 Å². The number of anilines is 1. The maximum absolute atomic E-state index is 11.3. The highest BCUT2D eigenvalue weighted by atomic mass is 79.9. The van der Waals surface area contributed by atoms with Gasteiger partial charge in [-0.1, -0.05) is 0 Å². The molecule has 1 heterocycles. The lowest BCUT2D eigenvalue weighted by molar-refractivity contribution is 0.195. The van der Waals surface area contributed by atoms with Gasteiger partial charge in [0.15, 0.2) is 0 Å². The van der Waals surface area contributed by atoms with Crippen molar-refractivity contribution in [3.05, 3.63) is 16.7 Å². The zero-order valence-electron chi connectivity index (χ0n) is 10.2. The molecule has 0 aliphatic rings. The first-order chi connectivity index (χ1) is 7.77. The van der Waals surface area contributed by atoms with Crippen LogP contribution in [0.25, 0.3) is 0 Å². The highest BCUT2D eigenvalue weighted by molar-refractivity contribution is 9.10. The molecule has 0 aromatic carbocycles. The summed E-state index contributed by atoms with van der Waals surface area (Å²) in [5.74, 6) is 0.275. The Bertz CT molecular complexity index is 429. The van der Waals surface area contributed by atoms with Crippen LogP contribution in [0.15, 0.2) is 16.7 Å². The van der Waals surface area contributed by atoms with Gasteiger partial charge in [-0.2, -0.15) is 0 Å². The van der Waals surface area contributed by atoms with Gasteiger partial charge in [0.05, 0.1) is 7.11 Å². The molecule has 0 fully saturated rings. The summed E-state index contributed by atoms with van der Waals surface area (Å²) < 4.78 is 5.70. The summed E-state index contributed by atoms with van der Waals surface area (Å²) in [5, 5.41) is 9.28. The molecule has 0 aliphatic heterocycles. The molecular formula is C11H15BrN2O3. The number of hydrogen-bond donors (Lipinski definition) is 1. The summed E-state index contributed by atoms with van der Waals surface area (Å²) in [7, 11) is 1.46. The third-order valence-electron chi connectivity index (χ3n) is 2.10. The summed E-state index contributed by atoms with van der Waals surface area (Å²) in [6, 6.07) is 3.34. The minimum atomic E-state index is -1.04. The zero-order chi connectivity index (χ0) is 13.2. The second-order valence-corrected chi connectivity index (χ2v) is 5.26. The van der Waals surface area contributed by atoms with Crippen molar-refractivity contribution < 1.29 is 14.6 Å². The van der Waals surface area contributed by atoms with Crippen molar-refractivity contribution in [3.63, 3.8) is 0 Å². The van der Waals surface area contributed by atoms with Gasteiger partial charge in [0.1, 0.15) is 10.3 Å². The Hall–Kier alpha value is -1.30. The summed E-state index contributed by atoms with van der Waals surface area (Å²) >= 11 is 3.22. The number of ether oxygens (including phenoxy) is 1. The van der Waals surface area contributed by atoms with E-state index in [4.69, 9.17) is 4.74 Å². The van der Waals surface area contributed by atoms with Crippen LogP contribution in [0.1, 0.15) is 20.8 Å². The Kier molecular flexibility index (Phi) is 3.98. The predicted octanol–water partition coefficient (Wildman–Crippen LogP) is 3.14. The molecule has 0 unspecified atom stereocenters. The van der Waals surface area contributed by atoms with Crippen LogP contribution in [0.4, 0.5) is 10.5 Å². The van der Waals surface area contributed by atoms with E-state index in [-0.39, 0.29) is 5.88 Å². The number of amides is 1. The summed E-state index contributed by atoms with van der Waals surface area (Å²) in [5.41, 5.74) is -0.148. The minimum Gasteiger partial charge on any atom is -0.479 e. The van der Waals surface area contributed by atoms with Crippen molar-refractivity contribution in [3.8, 4) is 5.88 Å². The van der Waals surface area contributed by atoms with Crippen molar-refractivity contribution in [1.82, 2.24) is 4.98 Å². The van der Waals surface area contributed by atoms with Crippen molar-refractivity contribution in [2.75, 3.05) is 12.0 Å². The maximum Gasteiger partial charge on any atom is 0.412 e. The predicted molar refractivity (Wildman–Crippen MR) is 68.7 cm³/mol. The highest BCUT2D eigenvalue weighted by Gasteiger charge is 2.30. The topological polar surface area (TPSA) is 62.7 Å². The third kappa shape index (κ3) is 3.09. The molecule has 0 saturated carbocycles. The van der Waals surface area contributed by atoms with E-state index in [0.29, 0.717) is 10.3 Å². The fourth-order valence-electron chi connectivity index (χ4n) is 1.48. The van der Waals surface area contributed by atoms with E-state index in [1.54, 1.807) is 12.1 Å². The maximum atomic E-state index is 11.3. The van der Waals surface area contributed by atoms with Crippen LogP contribution < -0.4 is 9.64 Å². The Balaban J connectivity index is 3.33. The van der Waals surface area contributed by atoms with E-state index < -0.39 is 11.6 Å². The average Bonchev–Trinajstić information content (AvgIpc) is 2.17. The molecular weight excluding hydrogens is 288 g/mol. The number of rotatable bonds is 2. The summed E-state index contributed by atoms with van der Waals surface area (Å²) in [4.78, 5) is 16.7. The molecule has 0 spiro atoms. The molecule has 94 valence electrons. The number of pyridine rings is 1. The van der Waals surface area contributed by atoms with E-state index in [0.717, 1.165) is 0 Å². The molecule has 17 heavy (non-hydrogen) atoms. The second-order valence-electron chi connectivity index (χ2n) is 4.45. The van der Waals surface area contributed by atoms with Gasteiger partial charge in [-0.15, -0.1) is 0 Å². The SMILES string of the molecule is COc1nc(Br)ccc1N(C(=O)O)C(C)(C)C. The number of methoxy groups -OCH3 is 1. The van der Waals surface area contributed by atoms with E-state index in [9.17, 15) is 9.90 Å². The molecule has 1 aromatic heterocycles. The molecule has 0 radical (unpaired) electrons. The van der Waals surface area contributed by atoms with Crippen molar-refractivity contribution in [1.29, 1.82) is 0 Å². The molecule has 1 aromatic rings. The Morgan fingerprint density at radius 3 is 2.47 bits per heavy atom. The van der Waals surface area contributed by atoms with Crippen LogP contribution >= 0.6 is 15.9 Å². The molecule has 0 atom stereocenters. The molecule has 1 rings (SSSR count). The van der Waals surface area contributed by atoms with E-state index in [2.05, 4.69) is 20.9 Å². The minimum absolute atomic E-state index is 0.275. The third-order valence-corrected chi connectivity index (χ3v) is 2.54. The molecule has 0 aliphatic carbocycles. The number of aromatic nitrogens is 1. The Labute approximate surface area is 109 Å². The van der Waals surface area contributed by atoms with Crippen LogP contribution in [0.5, 0.6) is 5.88 Å². The van der Waals surface area contributed by atoms with Gasteiger partial charge in [-0.25, -0.2) is 9.78 Å². The van der Waals surface area contributed by atoms with Gasteiger partial charge >= 0.3 is 6.09 Å². The average molecular weight is 303 g/mol. The standard InChI is InChI=1S/C11H15BrN2O3/c1-11(2,3)14(10(15)16)7-5-6-8(12)13-9(7)17-4/h5-6H,1-4H3,(H,15,16). The van der Waals surface area contributed by atoms with Crippen LogP contribution in [0.3, 0.4) is 0 Å². The van der Waals surface area contributed by atoms with Gasteiger partial charge in [0, 0.05) is 5.54 Å². The number of carboxylic acid groups (broad SMARTS) is 1. The van der Waals surface area contributed by atoms with Crippen LogP contribution in [-0.2, 0) is 0 Å². The smallest absolute Gasteiger partial charge is 0.412 e. The lowest BCUT2D eigenvalue weighted by Gasteiger charge is -2.33. The molecule has 1 N–H and O–H groups in total. The largest absolute Gasteiger partial charge is 0.479 e. The van der Waals surface area contributed by atoms with E-state index in [1.165, 1.54) is 12.0 Å². The number of carbonyl (C=O) groups is 1. The number of nitrogens with zero attached hydrogens (tertiary/aromatic N) is 2. The molecule has 0 bridgehead atoms. The highest BCUT2D eigenvalue weighted by Crippen LogP contribution is 2.32. The first-order valence-corrected chi connectivity index (χ1v) is 5.80. The van der Waals surface area contributed by atoms with Gasteiger partial charge < -0.3 is 9.84 Å². The Morgan fingerprint density at radius 1 is 1.47 bits per heavy atom.